The Hall–Kier alpha value is -2.26. The van der Waals surface area contributed by atoms with Crippen molar-refractivity contribution in [2.24, 2.45) is 0 Å². The molecule has 0 aliphatic carbocycles. The average Bonchev–Trinajstić information content (AvgIpc) is 2.82. The monoisotopic (exact) mass is 480 g/mol. The molecule has 2 aliphatic rings. The lowest BCUT2D eigenvalue weighted by Crippen LogP contribution is -2.57. The van der Waals surface area contributed by atoms with Crippen LogP contribution >= 0.6 is 11.6 Å². The summed E-state index contributed by atoms with van der Waals surface area (Å²) < 4.78 is 45.4. The van der Waals surface area contributed by atoms with Crippen molar-refractivity contribution in [3.63, 3.8) is 0 Å². The van der Waals surface area contributed by atoms with E-state index >= 15 is 0 Å². The highest BCUT2D eigenvalue weighted by molar-refractivity contribution is 6.30. The summed E-state index contributed by atoms with van der Waals surface area (Å²) in [6, 6.07) is 10.4. The van der Waals surface area contributed by atoms with E-state index in [9.17, 15) is 13.6 Å². The summed E-state index contributed by atoms with van der Waals surface area (Å²) in [6.45, 7) is 3.64. The van der Waals surface area contributed by atoms with Crippen molar-refractivity contribution in [2.45, 2.75) is 18.6 Å². The van der Waals surface area contributed by atoms with E-state index < -0.39 is 17.2 Å². The predicted molar refractivity (Wildman–Crippen MR) is 119 cm³/mol. The maximum atomic E-state index is 14.2. The van der Waals surface area contributed by atoms with Gasteiger partial charge in [-0.15, -0.1) is 0 Å². The van der Waals surface area contributed by atoms with Crippen LogP contribution in [0, 0.1) is 11.6 Å². The second-order valence-corrected chi connectivity index (χ2v) is 8.83. The van der Waals surface area contributed by atoms with Crippen molar-refractivity contribution < 1.29 is 27.8 Å². The fourth-order valence-corrected chi connectivity index (χ4v) is 4.28. The lowest BCUT2D eigenvalue weighted by atomic mass is 9.96. The zero-order chi connectivity index (χ0) is 23.3. The molecule has 0 bridgehead atoms. The van der Waals surface area contributed by atoms with Gasteiger partial charge in [0.15, 0.2) is 0 Å². The van der Waals surface area contributed by atoms with E-state index in [1.807, 2.05) is 4.90 Å². The fourth-order valence-electron chi connectivity index (χ4n) is 4.15. The van der Waals surface area contributed by atoms with E-state index in [4.69, 9.17) is 25.8 Å². The number of ether oxygens (including phenoxy) is 3. The minimum absolute atomic E-state index is 0.0446. The van der Waals surface area contributed by atoms with Crippen LogP contribution in [-0.4, -0.2) is 73.9 Å². The second-order valence-electron chi connectivity index (χ2n) is 8.39. The molecule has 2 heterocycles. The molecule has 1 amide bonds. The van der Waals surface area contributed by atoms with Crippen molar-refractivity contribution in [3.05, 3.63) is 64.7 Å². The highest BCUT2D eigenvalue weighted by atomic mass is 35.5. The summed E-state index contributed by atoms with van der Waals surface area (Å²) in [6.07, 6.45) is 0.114. The molecule has 4 rings (SSSR count). The molecule has 1 atom stereocenters. The van der Waals surface area contributed by atoms with Gasteiger partial charge in [0.05, 0.1) is 26.2 Å². The van der Waals surface area contributed by atoms with Gasteiger partial charge < -0.3 is 19.1 Å². The lowest BCUT2D eigenvalue weighted by molar-refractivity contribution is -0.159. The third kappa shape index (κ3) is 6.41. The van der Waals surface area contributed by atoms with E-state index in [0.29, 0.717) is 56.8 Å². The van der Waals surface area contributed by atoms with E-state index in [1.165, 1.54) is 6.07 Å². The molecule has 2 aromatic rings. The van der Waals surface area contributed by atoms with Gasteiger partial charge in [-0.2, -0.15) is 0 Å². The Morgan fingerprint density at radius 3 is 2.58 bits per heavy atom. The van der Waals surface area contributed by atoms with Crippen LogP contribution in [0.25, 0.3) is 0 Å². The van der Waals surface area contributed by atoms with Gasteiger partial charge >= 0.3 is 0 Å². The molecule has 0 aromatic heterocycles. The zero-order valence-corrected chi connectivity index (χ0v) is 19.0. The predicted octanol–water partition coefficient (Wildman–Crippen LogP) is 3.52. The Labute approximate surface area is 197 Å². The maximum absolute atomic E-state index is 14.2. The SMILES string of the molecule is O=C(CC1(COc2ccc(Cl)cc2)CN(Cc2cc(F)ccc2F)CCO1)N1CCOCC1. The first kappa shape index (κ1) is 23.9. The van der Waals surface area contributed by atoms with E-state index in [-0.39, 0.29) is 31.0 Å². The quantitative estimate of drug-likeness (QED) is 0.607. The molecule has 1 unspecified atom stereocenters. The highest BCUT2D eigenvalue weighted by Crippen LogP contribution is 2.27. The summed E-state index contributed by atoms with van der Waals surface area (Å²) in [7, 11) is 0. The van der Waals surface area contributed by atoms with Gasteiger partial charge in [0.1, 0.15) is 29.6 Å². The molecule has 0 radical (unpaired) electrons. The molecular formula is C24H27ClF2N2O4. The minimum atomic E-state index is -0.933. The minimum Gasteiger partial charge on any atom is -0.491 e. The van der Waals surface area contributed by atoms with Crippen LogP contribution in [0.4, 0.5) is 8.78 Å². The number of halogens is 3. The number of hydrogen-bond donors (Lipinski definition) is 0. The Morgan fingerprint density at radius 1 is 1.06 bits per heavy atom. The molecule has 2 aromatic carbocycles. The number of carbonyl (C=O) groups is 1. The third-order valence-corrected chi connectivity index (χ3v) is 6.13. The number of benzene rings is 2. The van der Waals surface area contributed by atoms with Crippen LogP contribution in [0.1, 0.15) is 12.0 Å². The van der Waals surface area contributed by atoms with Crippen LogP contribution in [0.3, 0.4) is 0 Å². The van der Waals surface area contributed by atoms with Gasteiger partial charge in [0.2, 0.25) is 5.91 Å². The number of nitrogens with zero attached hydrogens (tertiary/aromatic N) is 2. The molecule has 6 nitrogen and oxygen atoms in total. The molecule has 2 fully saturated rings. The largest absolute Gasteiger partial charge is 0.491 e. The molecule has 2 aliphatic heterocycles. The van der Waals surface area contributed by atoms with Crippen LogP contribution < -0.4 is 4.74 Å². The lowest BCUT2D eigenvalue weighted by Gasteiger charge is -2.43. The van der Waals surface area contributed by atoms with E-state index in [2.05, 4.69) is 0 Å². The van der Waals surface area contributed by atoms with Crippen molar-refractivity contribution in [1.29, 1.82) is 0 Å². The van der Waals surface area contributed by atoms with Gasteiger partial charge in [-0.05, 0) is 42.5 Å². The van der Waals surface area contributed by atoms with Gasteiger partial charge in [0.25, 0.3) is 0 Å². The van der Waals surface area contributed by atoms with Gasteiger partial charge in [0, 0.05) is 43.3 Å². The van der Waals surface area contributed by atoms with Crippen LogP contribution in [0.2, 0.25) is 5.02 Å². The van der Waals surface area contributed by atoms with Gasteiger partial charge in [-0.25, -0.2) is 8.78 Å². The second kappa shape index (κ2) is 10.8. The van der Waals surface area contributed by atoms with Crippen molar-refractivity contribution >= 4 is 17.5 Å². The van der Waals surface area contributed by atoms with Crippen LogP contribution in [0.15, 0.2) is 42.5 Å². The standard InChI is InChI=1S/C24H27ClF2N2O4/c25-19-1-4-21(5-2-19)32-17-24(14-23(30)29-8-10-31-11-9-29)16-28(7-12-33-24)15-18-13-20(26)3-6-22(18)27/h1-6,13H,7-12,14-17H2. The summed E-state index contributed by atoms with van der Waals surface area (Å²) in [5, 5.41) is 0.594. The highest BCUT2D eigenvalue weighted by Gasteiger charge is 2.41. The molecule has 2 saturated heterocycles. The number of hydrogen-bond acceptors (Lipinski definition) is 5. The Balaban J connectivity index is 1.50. The topological polar surface area (TPSA) is 51.2 Å². The molecule has 9 heteroatoms. The Kier molecular flexibility index (Phi) is 7.80. The van der Waals surface area contributed by atoms with Crippen molar-refractivity contribution in [3.8, 4) is 5.75 Å². The zero-order valence-electron chi connectivity index (χ0n) is 18.3. The number of morpholine rings is 2. The van der Waals surface area contributed by atoms with Crippen LogP contribution in [-0.2, 0) is 20.8 Å². The van der Waals surface area contributed by atoms with Gasteiger partial charge in [-0.3, -0.25) is 9.69 Å². The Bertz CT molecular complexity index is 956. The number of rotatable bonds is 7. The summed E-state index contributed by atoms with van der Waals surface area (Å²) in [4.78, 5) is 16.8. The summed E-state index contributed by atoms with van der Waals surface area (Å²) in [5.74, 6) is -0.388. The number of carbonyl (C=O) groups excluding carboxylic acids is 1. The molecule has 178 valence electrons. The summed E-state index contributed by atoms with van der Waals surface area (Å²) in [5.41, 5.74) is -0.666. The maximum Gasteiger partial charge on any atom is 0.225 e. The third-order valence-electron chi connectivity index (χ3n) is 5.88. The van der Waals surface area contributed by atoms with Crippen molar-refractivity contribution in [2.75, 3.05) is 52.6 Å². The first-order chi connectivity index (χ1) is 15.9. The van der Waals surface area contributed by atoms with Crippen LogP contribution in [0.5, 0.6) is 5.75 Å². The molecule has 33 heavy (non-hydrogen) atoms. The van der Waals surface area contributed by atoms with E-state index in [1.54, 1.807) is 29.2 Å². The molecule has 0 saturated carbocycles. The molecule has 0 N–H and O–H groups in total. The Morgan fingerprint density at radius 2 is 1.82 bits per heavy atom. The molecule has 0 spiro atoms. The molecular weight excluding hydrogens is 454 g/mol. The van der Waals surface area contributed by atoms with E-state index in [0.717, 1.165) is 12.1 Å². The normalized spacial score (nSPS) is 21.7. The smallest absolute Gasteiger partial charge is 0.225 e. The fraction of sp³-hybridized carbons (Fsp3) is 0.458. The van der Waals surface area contributed by atoms with Gasteiger partial charge in [-0.1, -0.05) is 11.6 Å². The first-order valence-electron chi connectivity index (χ1n) is 11.0. The average molecular weight is 481 g/mol. The first-order valence-corrected chi connectivity index (χ1v) is 11.3. The van der Waals surface area contributed by atoms with Crippen molar-refractivity contribution in [1.82, 2.24) is 9.80 Å². The number of amides is 1. The summed E-state index contributed by atoms with van der Waals surface area (Å²) >= 11 is 5.96.